The van der Waals surface area contributed by atoms with Crippen molar-refractivity contribution in [2.45, 2.75) is 56.7 Å². The number of rotatable bonds is 4. The quantitative estimate of drug-likeness (QED) is 0.788. The Hall–Kier alpha value is -1.59. The van der Waals surface area contributed by atoms with E-state index < -0.39 is 0 Å². The Morgan fingerprint density at radius 2 is 2.09 bits per heavy atom. The largest absolute Gasteiger partial charge is 0.480 e. The molecule has 1 saturated carbocycles. The van der Waals surface area contributed by atoms with Crippen LogP contribution in [0.15, 0.2) is 24.3 Å². The van der Waals surface area contributed by atoms with E-state index >= 15 is 0 Å². The molecule has 1 aliphatic carbocycles. The second-order valence-corrected chi connectivity index (χ2v) is 6.95. The van der Waals surface area contributed by atoms with Crippen LogP contribution in [-0.2, 0) is 11.2 Å². The number of nitrogens with one attached hydrogen (secondary N) is 3. The summed E-state index contributed by atoms with van der Waals surface area (Å²) in [6.45, 7) is 0.706. The van der Waals surface area contributed by atoms with E-state index in [0.717, 1.165) is 17.7 Å². The van der Waals surface area contributed by atoms with E-state index in [9.17, 15) is 4.79 Å². The summed E-state index contributed by atoms with van der Waals surface area (Å²) in [6.07, 6.45) is 6.51. The number of hydrazine groups is 1. The molecule has 4 unspecified atom stereocenters. The number of carbonyl (C=O) groups excluding carboxylic acids is 1. The van der Waals surface area contributed by atoms with Crippen molar-refractivity contribution in [1.29, 1.82) is 0 Å². The molecule has 2 fully saturated rings. The van der Waals surface area contributed by atoms with Crippen molar-refractivity contribution in [3.8, 4) is 5.75 Å². The van der Waals surface area contributed by atoms with Crippen LogP contribution in [0, 0.1) is 5.92 Å². The van der Waals surface area contributed by atoms with Gasteiger partial charge in [-0.3, -0.25) is 15.6 Å². The van der Waals surface area contributed by atoms with Gasteiger partial charge < -0.3 is 10.1 Å². The van der Waals surface area contributed by atoms with Gasteiger partial charge in [-0.25, -0.2) is 0 Å². The predicted molar refractivity (Wildman–Crippen MR) is 88.0 cm³/mol. The lowest BCUT2D eigenvalue weighted by Gasteiger charge is -2.27. The van der Waals surface area contributed by atoms with Crippen LogP contribution in [-0.4, -0.2) is 30.6 Å². The van der Waals surface area contributed by atoms with E-state index in [2.05, 4.69) is 16.2 Å². The number of fused-ring (bicyclic) bond motifs is 2. The number of ether oxygens (including phenoxy) is 1. The van der Waals surface area contributed by atoms with Crippen LogP contribution in [0.2, 0.25) is 0 Å². The maximum absolute atomic E-state index is 12.3. The van der Waals surface area contributed by atoms with Gasteiger partial charge in [0.2, 0.25) is 0 Å². The zero-order valence-electron chi connectivity index (χ0n) is 13.4. The van der Waals surface area contributed by atoms with Gasteiger partial charge in [0.15, 0.2) is 6.10 Å². The summed E-state index contributed by atoms with van der Waals surface area (Å²) in [4.78, 5) is 12.3. The molecule has 2 aliphatic heterocycles. The smallest absolute Gasteiger partial charge is 0.261 e. The van der Waals surface area contributed by atoms with Gasteiger partial charge in [0, 0.05) is 25.0 Å². The van der Waals surface area contributed by atoms with Gasteiger partial charge in [-0.1, -0.05) is 31.0 Å². The first-order valence-corrected chi connectivity index (χ1v) is 8.84. The van der Waals surface area contributed by atoms with E-state index in [1.165, 1.54) is 25.7 Å². The van der Waals surface area contributed by atoms with Gasteiger partial charge in [-0.15, -0.1) is 0 Å². The van der Waals surface area contributed by atoms with Crippen molar-refractivity contribution < 1.29 is 9.53 Å². The van der Waals surface area contributed by atoms with Crippen molar-refractivity contribution in [2.24, 2.45) is 5.92 Å². The Kier molecular flexibility index (Phi) is 4.23. The minimum absolute atomic E-state index is 0.00681. The molecule has 23 heavy (non-hydrogen) atoms. The molecule has 0 radical (unpaired) electrons. The number of amides is 1. The normalized spacial score (nSPS) is 32.0. The highest BCUT2D eigenvalue weighted by Crippen LogP contribution is 2.31. The molecule has 4 rings (SSSR count). The summed E-state index contributed by atoms with van der Waals surface area (Å²) in [5.41, 5.74) is 7.97. The summed E-state index contributed by atoms with van der Waals surface area (Å²) in [5, 5.41) is 3.05. The number of benzene rings is 1. The standard InChI is InChI=1S/C18H25N3O2/c22-18(17-11-12-5-1-4-8-16(12)23-17)19-10-9-15-13-6-2-3-7-14(13)20-21-15/h1,4-5,8,13-15,17,20-21H,2-3,6-7,9-11H2,(H,19,22). The molecule has 3 N–H and O–H groups in total. The van der Waals surface area contributed by atoms with Gasteiger partial charge in [0.05, 0.1) is 0 Å². The van der Waals surface area contributed by atoms with Crippen LogP contribution in [0.5, 0.6) is 5.75 Å². The molecule has 0 bridgehead atoms. The van der Waals surface area contributed by atoms with Crippen molar-refractivity contribution in [1.82, 2.24) is 16.2 Å². The van der Waals surface area contributed by atoms with Crippen LogP contribution < -0.4 is 20.9 Å². The highest BCUT2D eigenvalue weighted by atomic mass is 16.5. The van der Waals surface area contributed by atoms with Crippen LogP contribution in [0.4, 0.5) is 0 Å². The van der Waals surface area contributed by atoms with E-state index in [1.807, 2.05) is 24.3 Å². The molecule has 3 aliphatic rings. The fourth-order valence-corrected chi connectivity index (χ4v) is 4.22. The lowest BCUT2D eigenvalue weighted by atomic mass is 9.81. The minimum atomic E-state index is -0.371. The monoisotopic (exact) mass is 315 g/mol. The lowest BCUT2D eigenvalue weighted by molar-refractivity contribution is -0.127. The van der Waals surface area contributed by atoms with Gasteiger partial charge in [0.1, 0.15) is 5.75 Å². The van der Waals surface area contributed by atoms with Gasteiger partial charge >= 0.3 is 0 Å². The molecule has 1 aromatic carbocycles. The molecule has 0 aromatic heterocycles. The Labute approximate surface area is 137 Å². The molecule has 4 atom stereocenters. The van der Waals surface area contributed by atoms with Crippen molar-refractivity contribution in [3.05, 3.63) is 29.8 Å². The Bertz CT molecular complexity index is 552. The molecule has 5 heteroatoms. The SMILES string of the molecule is O=C(NCCC1NNC2CCCCC21)C1Cc2ccccc2O1. The van der Waals surface area contributed by atoms with Crippen molar-refractivity contribution >= 4 is 5.91 Å². The van der Waals surface area contributed by atoms with Crippen LogP contribution in [0.3, 0.4) is 0 Å². The molecule has 124 valence electrons. The molecule has 1 saturated heterocycles. The highest BCUT2D eigenvalue weighted by molar-refractivity contribution is 5.82. The zero-order chi connectivity index (χ0) is 15.6. The number of carbonyl (C=O) groups is 1. The molecule has 1 amide bonds. The molecule has 2 heterocycles. The molecule has 5 nitrogen and oxygen atoms in total. The van der Waals surface area contributed by atoms with Crippen LogP contribution >= 0.6 is 0 Å². The third kappa shape index (κ3) is 3.08. The van der Waals surface area contributed by atoms with Gasteiger partial charge in [0.25, 0.3) is 5.91 Å². The first-order valence-electron chi connectivity index (χ1n) is 8.84. The summed E-state index contributed by atoms with van der Waals surface area (Å²) in [5.74, 6) is 1.57. The third-order valence-electron chi connectivity index (χ3n) is 5.48. The van der Waals surface area contributed by atoms with Crippen LogP contribution in [0.25, 0.3) is 0 Å². The highest BCUT2D eigenvalue weighted by Gasteiger charge is 2.37. The summed E-state index contributed by atoms with van der Waals surface area (Å²) < 4.78 is 5.74. The number of hydrogen-bond donors (Lipinski definition) is 3. The third-order valence-corrected chi connectivity index (χ3v) is 5.48. The summed E-state index contributed by atoms with van der Waals surface area (Å²) in [6, 6.07) is 8.99. The topological polar surface area (TPSA) is 62.4 Å². The van der Waals surface area contributed by atoms with Crippen LogP contribution in [0.1, 0.15) is 37.7 Å². The average molecular weight is 315 g/mol. The fourth-order valence-electron chi connectivity index (χ4n) is 4.22. The average Bonchev–Trinajstić information content (AvgIpc) is 3.19. The second kappa shape index (κ2) is 6.49. The molecular weight excluding hydrogens is 290 g/mol. The van der Waals surface area contributed by atoms with Crippen molar-refractivity contribution in [3.63, 3.8) is 0 Å². The summed E-state index contributed by atoms with van der Waals surface area (Å²) >= 11 is 0. The number of para-hydroxylation sites is 1. The Morgan fingerprint density at radius 1 is 1.22 bits per heavy atom. The number of hydrogen-bond acceptors (Lipinski definition) is 4. The zero-order valence-corrected chi connectivity index (χ0v) is 13.4. The molecule has 0 spiro atoms. The first kappa shape index (κ1) is 15.0. The molecular formula is C18H25N3O2. The van der Waals surface area contributed by atoms with Gasteiger partial charge in [-0.2, -0.15) is 0 Å². The maximum Gasteiger partial charge on any atom is 0.261 e. The minimum Gasteiger partial charge on any atom is -0.480 e. The fraction of sp³-hybridized carbons (Fsp3) is 0.611. The van der Waals surface area contributed by atoms with E-state index in [1.54, 1.807) is 0 Å². The first-order chi connectivity index (χ1) is 11.3. The maximum atomic E-state index is 12.3. The van der Waals surface area contributed by atoms with Crippen molar-refractivity contribution in [2.75, 3.05) is 6.54 Å². The van der Waals surface area contributed by atoms with Gasteiger partial charge in [-0.05, 0) is 36.8 Å². The Balaban J connectivity index is 1.24. The summed E-state index contributed by atoms with van der Waals surface area (Å²) in [7, 11) is 0. The van der Waals surface area contributed by atoms with E-state index in [4.69, 9.17) is 4.74 Å². The lowest BCUT2D eigenvalue weighted by Crippen LogP contribution is -2.40. The predicted octanol–water partition coefficient (Wildman–Crippen LogP) is 1.53. The molecule has 1 aromatic rings. The van der Waals surface area contributed by atoms with E-state index in [0.29, 0.717) is 31.0 Å². The second-order valence-electron chi connectivity index (χ2n) is 6.95. The van der Waals surface area contributed by atoms with E-state index in [-0.39, 0.29) is 12.0 Å². The Morgan fingerprint density at radius 3 is 3.00 bits per heavy atom.